The van der Waals surface area contributed by atoms with E-state index in [1.54, 1.807) is 14.0 Å². The molecule has 0 spiro atoms. The highest BCUT2D eigenvalue weighted by molar-refractivity contribution is 6.00. The molecule has 0 radical (unpaired) electrons. The van der Waals surface area contributed by atoms with Gasteiger partial charge < -0.3 is 14.8 Å². The van der Waals surface area contributed by atoms with Gasteiger partial charge >= 0.3 is 5.97 Å². The van der Waals surface area contributed by atoms with Crippen LogP contribution in [0.15, 0.2) is 6.20 Å². The monoisotopic (exact) mass is 407 g/mol. The third-order valence-electron chi connectivity index (χ3n) is 5.72. The number of carbonyl (C=O) groups is 2. The highest BCUT2D eigenvalue weighted by Gasteiger charge is 2.24. The molecule has 0 saturated carbocycles. The number of hydrogen-bond acceptors (Lipinski definition) is 7. The number of aromatic nitrogens is 2. The fraction of sp³-hybridized carbons (Fsp3) is 0.750. The summed E-state index contributed by atoms with van der Waals surface area (Å²) in [5, 5.41) is 6.89. The highest BCUT2D eigenvalue weighted by atomic mass is 16.5. The first-order valence-corrected chi connectivity index (χ1v) is 10.6. The number of hydrogen-bond donors (Lipinski definition) is 1. The molecule has 9 nitrogen and oxygen atoms in total. The lowest BCUT2D eigenvalue weighted by molar-refractivity contribution is -0.117. The molecule has 2 fully saturated rings. The molecule has 2 saturated heterocycles. The molecule has 0 atom stereocenters. The first-order chi connectivity index (χ1) is 14.1. The Hall–Kier alpha value is -1.97. The average Bonchev–Trinajstić information content (AvgIpc) is 3.09. The molecule has 3 rings (SSSR count). The van der Waals surface area contributed by atoms with Gasteiger partial charge in [-0.25, -0.2) is 4.79 Å². The second-order valence-corrected chi connectivity index (χ2v) is 7.76. The summed E-state index contributed by atoms with van der Waals surface area (Å²) in [6, 6.07) is 0. The molecule has 0 aromatic carbocycles. The maximum Gasteiger partial charge on any atom is 0.343 e. The van der Waals surface area contributed by atoms with Crippen molar-refractivity contribution >= 4 is 17.7 Å². The molecule has 0 bridgehead atoms. The molecule has 1 aromatic heterocycles. The topological polar surface area (TPSA) is 88.9 Å². The van der Waals surface area contributed by atoms with Crippen LogP contribution >= 0.6 is 0 Å². The lowest BCUT2D eigenvalue weighted by Crippen LogP contribution is -2.41. The molecule has 2 aliphatic heterocycles. The van der Waals surface area contributed by atoms with E-state index < -0.39 is 5.97 Å². The van der Waals surface area contributed by atoms with Gasteiger partial charge in [-0.05, 0) is 51.7 Å². The van der Waals surface area contributed by atoms with Crippen LogP contribution in [0.3, 0.4) is 0 Å². The highest BCUT2D eigenvalue weighted by Crippen LogP contribution is 2.21. The van der Waals surface area contributed by atoms with E-state index in [4.69, 9.17) is 9.47 Å². The summed E-state index contributed by atoms with van der Waals surface area (Å²) in [7, 11) is 1.69. The van der Waals surface area contributed by atoms with E-state index >= 15 is 0 Å². The molecule has 2 aliphatic rings. The Morgan fingerprint density at radius 2 is 1.93 bits per heavy atom. The number of likely N-dealkylation sites (tertiary alicyclic amines) is 1. The number of aryl methyl sites for hydroxylation is 1. The van der Waals surface area contributed by atoms with Crippen molar-refractivity contribution in [1.29, 1.82) is 0 Å². The Labute approximate surface area is 172 Å². The van der Waals surface area contributed by atoms with Crippen LogP contribution in [0.2, 0.25) is 0 Å². The lowest BCUT2D eigenvalue weighted by atomic mass is 9.93. The molecular weight excluding hydrogens is 374 g/mol. The summed E-state index contributed by atoms with van der Waals surface area (Å²) in [5.74, 6) is 0.501. The van der Waals surface area contributed by atoms with Crippen LogP contribution in [0.25, 0.3) is 0 Å². The van der Waals surface area contributed by atoms with Crippen LogP contribution < -0.4 is 5.32 Å². The largest absolute Gasteiger partial charge is 0.462 e. The van der Waals surface area contributed by atoms with Crippen LogP contribution in [0.4, 0.5) is 5.82 Å². The second kappa shape index (κ2) is 10.7. The van der Waals surface area contributed by atoms with E-state index in [1.807, 2.05) is 0 Å². The third kappa shape index (κ3) is 6.25. The second-order valence-electron chi connectivity index (χ2n) is 7.76. The zero-order chi connectivity index (χ0) is 20.6. The molecule has 9 heteroatoms. The van der Waals surface area contributed by atoms with Crippen molar-refractivity contribution in [3.05, 3.63) is 11.8 Å². The van der Waals surface area contributed by atoms with Crippen LogP contribution in [0, 0.1) is 5.92 Å². The number of nitrogens with one attached hydrogen (secondary N) is 1. The Morgan fingerprint density at radius 3 is 2.62 bits per heavy atom. The van der Waals surface area contributed by atoms with Gasteiger partial charge in [0, 0.05) is 20.1 Å². The Bertz CT molecular complexity index is 678. The molecule has 1 N–H and O–H groups in total. The minimum absolute atomic E-state index is 0.133. The number of piperidine rings is 1. The fourth-order valence-corrected chi connectivity index (χ4v) is 3.94. The molecule has 162 valence electrons. The first-order valence-electron chi connectivity index (χ1n) is 10.6. The third-order valence-corrected chi connectivity index (χ3v) is 5.72. The Balaban J connectivity index is 1.41. The minimum Gasteiger partial charge on any atom is -0.462 e. The summed E-state index contributed by atoms with van der Waals surface area (Å²) < 4.78 is 11.9. The maximum atomic E-state index is 12.5. The number of carbonyl (C=O) groups excluding carboxylic acids is 2. The van der Waals surface area contributed by atoms with Gasteiger partial charge in [0.25, 0.3) is 0 Å². The van der Waals surface area contributed by atoms with E-state index in [1.165, 1.54) is 17.3 Å². The standard InChI is InChI=1S/C20H33N5O4/c1-3-29-20(27)17-14-21-23(2)19(17)22-18(26)15-25-8-5-16(6-9-25)4-7-24-10-12-28-13-11-24/h14,16H,3-13,15H2,1-2H3,(H,22,26). The van der Waals surface area contributed by atoms with Crippen molar-refractivity contribution in [1.82, 2.24) is 19.6 Å². The van der Waals surface area contributed by atoms with Crippen LogP contribution in [0.1, 0.15) is 36.5 Å². The van der Waals surface area contributed by atoms with Gasteiger partial charge in [-0.15, -0.1) is 0 Å². The minimum atomic E-state index is -0.475. The summed E-state index contributed by atoms with van der Waals surface area (Å²) in [6.45, 7) is 9.13. The van der Waals surface area contributed by atoms with Crippen molar-refractivity contribution in [3.63, 3.8) is 0 Å². The zero-order valence-corrected chi connectivity index (χ0v) is 17.6. The predicted molar refractivity (Wildman–Crippen MR) is 109 cm³/mol. The molecule has 0 aliphatic carbocycles. The van der Waals surface area contributed by atoms with Gasteiger partial charge in [0.1, 0.15) is 11.4 Å². The number of morpholine rings is 1. The van der Waals surface area contributed by atoms with Crippen molar-refractivity contribution < 1.29 is 19.1 Å². The van der Waals surface area contributed by atoms with Gasteiger partial charge in [0.05, 0.1) is 32.6 Å². The van der Waals surface area contributed by atoms with Crippen molar-refractivity contribution in [2.75, 3.05) is 64.4 Å². The van der Waals surface area contributed by atoms with Crippen molar-refractivity contribution in [2.45, 2.75) is 26.2 Å². The number of ether oxygens (including phenoxy) is 2. The van der Waals surface area contributed by atoms with Crippen molar-refractivity contribution in [3.8, 4) is 0 Å². The van der Waals surface area contributed by atoms with E-state index in [9.17, 15) is 9.59 Å². The van der Waals surface area contributed by atoms with Crippen molar-refractivity contribution in [2.24, 2.45) is 13.0 Å². The van der Waals surface area contributed by atoms with Gasteiger partial charge in [-0.3, -0.25) is 19.3 Å². The van der Waals surface area contributed by atoms with Gasteiger partial charge in [-0.2, -0.15) is 5.10 Å². The average molecular weight is 408 g/mol. The lowest BCUT2D eigenvalue weighted by Gasteiger charge is -2.33. The molecule has 1 aromatic rings. The number of rotatable bonds is 8. The molecule has 1 amide bonds. The molecular formula is C20H33N5O4. The maximum absolute atomic E-state index is 12.5. The van der Waals surface area contributed by atoms with E-state index in [0.29, 0.717) is 12.4 Å². The van der Waals surface area contributed by atoms with E-state index in [-0.39, 0.29) is 18.1 Å². The zero-order valence-electron chi connectivity index (χ0n) is 17.6. The Morgan fingerprint density at radius 1 is 1.21 bits per heavy atom. The predicted octanol–water partition coefficient (Wildman–Crippen LogP) is 0.970. The summed E-state index contributed by atoms with van der Waals surface area (Å²) in [4.78, 5) is 29.2. The Kier molecular flexibility index (Phi) is 8.02. The number of nitrogens with zero attached hydrogens (tertiary/aromatic N) is 4. The quantitative estimate of drug-likeness (QED) is 0.642. The first kappa shape index (κ1) is 21.7. The van der Waals surface area contributed by atoms with Gasteiger partial charge in [-0.1, -0.05) is 0 Å². The molecule has 3 heterocycles. The van der Waals surface area contributed by atoms with Crippen LogP contribution in [-0.2, 0) is 21.3 Å². The smallest absolute Gasteiger partial charge is 0.343 e. The fourth-order valence-electron chi connectivity index (χ4n) is 3.94. The number of esters is 1. The molecule has 0 unspecified atom stereocenters. The van der Waals surface area contributed by atoms with E-state index in [0.717, 1.165) is 64.7 Å². The SMILES string of the molecule is CCOC(=O)c1cnn(C)c1NC(=O)CN1CCC(CCN2CCOCC2)CC1. The van der Waals surface area contributed by atoms with Crippen LogP contribution in [-0.4, -0.2) is 90.5 Å². The van der Waals surface area contributed by atoms with Gasteiger partial charge in [0.15, 0.2) is 0 Å². The summed E-state index contributed by atoms with van der Waals surface area (Å²) in [5.41, 5.74) is 0.282. The van der Waals surface area contributed by atoms with Crippen LogP contribution in [0.5, 0.6) is 0 Å². The number of anilines is 1. The number of amides is 1. The summed E-state index contributed by atoms with van der Waals surface area (Å²) in [6.07, 6.45) is 4.89. The summed E-state index contributed by atoms with van der Waals surface area (Å²) >= 11 is 0. The molecule has 29 heavy (non-hydrogen) atoms. The van der Waals surface area contributed by atoms with E-state index in [2.05, 4.69) is 20.2 Å². The van der Waals surface area contributed by atoms with Gasteiger partial charge in [0.2, 0.25) is 5.91 Å². The normalized spacial score (nSPS) is 19.2.